The number of carbonyl (C=O) groups excluding carboxylic acids is 3. The van der Waals surface area contributed by atoms with Gasteiger partial charge in [0.05, 0.1) is 11.8 Å². The highest BCUT2D eigenvalue weighted by Crippen LogP contribution is 2.13. The highest BCUT2D eigenvalue weighted by atomic mass is 16.5. The molecule has 0 saturated carbocycles. The highest BCUT2D eigenvalue weighted by molar-refractivity contribution is 6.02. The van der Waals surface area contributed by atoms with Crippen molar-refractivity contribution in [1.82, 2.24) is 5.32 Å². The number of nitrogens with zero attached hydrogens (tertiary/aromatic N) is 1. The molecular weight excluding hydrogens is 398 g/mol. The summed E-state index contributed by atoms with van der Waals surface area (Å²) in [6, 6.07) is 17.1. The van der Waals surface area contributed by atoms with E-state index in [2.05, 4.69) is 10.6 Å². The molecule has 0 aliphatic carbocycles. The second-order valence-corrected chi connectivity index (χ2v) is 6.92. The van der Waals surface area contributed by atoms with Crippen LogP contribution in [0.5, 0.6) is 0 Å². The minimum atomic E-state index is -0.630. The number of furan rings is 1. The van der Waals surface area contributed by atoms with Gasteiger partial charge in [0, 0.05) is 32.0 Å². The number of amides is 2. The zero-order valence-electron chi connectivity index (χ0n) is 17.3. The first kappa shape index (κ1) is 21.6. The Morgan fingerprint density at radius 1 is 0.968 bits per heavy atom. The summed E-state index contributed by atoms with van der Waals surface area (Å²) in [7, 11) is 3.91. The van der Waals surface area contributed by atoms with Crippen molar-refractivity contribution in [3.63, 3.8) is 0 Å². The van der Waals surface area contributed by atoms with E-state index in [0.29, 0.717) is 12.2 Å². The number of ether oxygens (including phenoxy) is 1. The van der Waals surface area contributed by atoms with Crippen molar-refractivity contribution in [3.05, 3.63) is 83.8 Å². The molecule has 0 spiro atoms. The number of nitrogens with one attached hydrogen (secondary N) is 2. The van der Waals surface area contributed by atoms with E-state index in [4.69, 9.17) is 9.15 Å². The lowest BCUT2D eigenvalue weighted by Crippen LogP contribution is -2.28. The zero-order chi connectivity index (χ0) is 22.2. The monoisotopic (exact) mass is 421 g/mol. The Morgan fingerprint density at radius 3 is 2.29 bits per heavy atom. The van der Waals surface area contributed by atoms with Gasteiger partial charge in [0.2, 0.25) is 0 Å². The van der Waals surface area contributed by atoms with Crippen molar-refractivity contribution < 1.29 is 23.5 Å². The van der Waals surface area contributed by atoms with E-state index in [-0.39, 0.29) is 17.9 Å². The van der Waals surface area contributed by atoms with Crippen LogP contribution >= 0.6 is 0 Å². The van der Waals surface area contributed by atoms with Crippen molar-refractivity contribution in [2.45, 2.75) is 6.54 Å². The molecule has 3 aromatic rings. The molecule has 8 nitrogen and oxygen atoms in total. The molecule has 2 aromatic carbocycles. The fraction of sp³-hybridized carbons (Fsp3) is 0.174. The Labute approximate surface area is 179 Å². The van der Waals surface area contributed by atoms with Gasteiger partial charge in [-0.1, -0.05) is 12.1 Å². The highest BCUT2D eigenvalue weighted by Gasteiger charge is 2.12. The molecule has 0 atom stereocenters. The molecule has 2 N–H and O–H groups in total. The van der Waals surface area contributed by atoms with Crippen molar-refractivity contribution in [2.75, 3.05) is 30.9 Å². The smallest absolute Gasteiger partial charge is 0.338 e. The minimum Gasteiger partial charge on any atom is -0.459 e. The van der Waals surface area contributed by atoms with Gasteiger partial charge >= 0.3 is 5.97 Å². The number of rotatable bonds is 8. The van der Waals surface area contributed by atoms with Crippen LogP contribution in [0.4, 0.5) is 11.4 Å². The summed E-state index contributed by atoms with van der Waals surface area (Å²) in [5, 5.41) is 5.36. The van der Waals surface area contributed by atoms with Crippen LogP contribution in [0, 0.1) is 0 Å². The van der Waals surface area contributed by atoms with Crippen LogP contribution < -0.4 is 15.5 Å². The molecule has 1 heterocycles. The van der Waals surface area contributed by atoms with Crippen molar-refractivity contribution in [1.29, 1.82) is 0 Å². The lowest BCUT2D eigenvalue weighted by atomic mass is 10.2. The standard InChI is InChI=1S/C23H23N3O5/c1-26(2)19-11-5-16(6-12-19)14-24-21(27)15-31-23(29)17-7-9-18(10-8-17)25-22(28)20-4-3-13-30-20/h3-13H,14-15H2,1-2H3,(H,24,27)(H,25,28). The van der Waals surface area contributed by atoms with E-state index >= 15 is 0 Å². The summed E-state index contributed by atoms with van der Waals surface area (Å²) in [5.74, 6) is -1.24. The number of benzene rings is 2. The lowest BCUT2D eigenvalue weighted by molar-refractivity contribution is -0.124. The summed E-state index contributed by atoms with van der Waals surface area (Å²) in [6.07, 6.45) is 1.41. The van der Waals surface area contributed by atoms with Gasteiger partial charge in [-0.25, -0.2) is 4.79 Å². The van der Waals surface area contributed by atoms with Crippen LogP contribution in [0.25, 0.3) is 0 Å². The number of carbonyl (C=O) groups is 3. The van der Waals surface area contributed by atoms with Crippen LogP contribution in [0.2, 0.25) is 0 Å². The Balaban J connectivity index is 1.43. The van der Waals surface area contributed by atoms with Crippen LogP contribution in [0.15, 0.2) is 71.3 Å². The SMILES string of the molecule is CN(C)c1ccc(CNC(=O)COC(=O)c2ccc(NC(=O)c3ccco3)cc2)cc1. The molecule has 160 valence electrons. The fourth-order valence-corrected chi connectivity index (χ4v) is 2.67. The summed E-state index contributed by atoms with van der Waals surface area (Å²) in [5.41, 5.74) is 2.77. The summed E-state index contributed by atoms with van der Waals surface area (Å²) >= 11 is 0. The van der Waals surface area contributed by atoms with Crippen LogP contribution in [-0.2, 0) is 16.1 Å². The lowest BCUT2D eigenvalue weighted by Gasteiger charge is -2.13. The van der Waals surface area contributed by atoms with Crippen LogP contribution in [0.1, 0.15) is 26.5 Å². The molecule has 8 heteroatoms. The van der Waals surface area contributed by atoms with Gasteiger partial charge < -0.3 is 24.7 Å². The average Bonchev–Trinajstić information content (AvgIpc) is 3.32. The van der Waals surface area contributed by atoms with Gasteiger partial charge in [-0.3, -0.25) is 9.59 Å². The molecule has 0 aliphatic heterocycles. The van der Waals surface area contributed by atoms with Gasteiger partial charge in [0.15, 0.2) is 12.4 Å². The van der Waals surface area contributed by atoms with Crippen LogP contribution in [-0.4, -0.2) is 38.5 Å². The molecule has 3 rings (SSSR count). The maximum absolute atomic E-state index is 12.1. The molecule has 0 saturated heterocycles. The Hall–Kier alpha value is -4.07. The molecular formula is C23H23N3O5. The predicted octanol–water partition coefficient (Wildman–Crippen LogP) is 3.07. The largest absolute Gasteiger partial charge is 0.459 e. The van der Waals surface area contributed by atoms with Gasteiger partial charge in [-0.05, 0) is 54.1 Å². The Morgan fingerprint density at radius 2 is 1.68 bits per heavy atom. The van der Waals surface area contributed by atoms with Crippen LogP contribution in [0.3, 0.4) is 0 Å². The minimum absolute atomic E-state index is 0.183. The van der Waals surface area contributed by atoms with E-state index in [9.17, 15) is 14.4 Å². The number of hydrogen-bond acceptors (Lipinski definition) is 6. The Kier molecular flexibility index (Phi) is 7.05. The summed E-state index contributed by atoms with van der Waals surface area (Å²) in [6.45, 7) is -0.0419. The first-order chi connectivity index (χ1) is 14.9. The maximum Gasteiger partial charge on any atom is 0.338 e. The number of anilines is 2. The first-order valence-electron chi connectivity index (χ1n) is 9.57. The molecule has 0 fully saturated rings. The second-order valence-electron chi connectivity index (χ2n) is 6.92. The number of hydrogen-bond donors (Lipinski definition) is 2. The summed E-state index contributed by atoms with van der Waals surface area (Å²) < 4.78 is 10.1. The third-order valence-corrected chi connectivity index (χ3v) is 4.40. The van der Waals surface area contributed by atoms with E-state index < -0.39 is 17.8 Å². The van der Waals surface area contributed by atoms with Gasteiger partial charge in [0.25, 0.3) is 11.8 Å². The Bertz CT molecular complexity index is 1030. The first-order valence-corrected chi connectivity index (χ1v) is 9.57. The molecule has 31 heavy (non-hydrogen) atoms. The van der Waals surface area contributed by atoms with E-state index in [1.165, 1.54) is 18.4 Å². The molecule has 0 bridgehead atoms. The van der Waals surface area contributed by atoms with Gasteiger partial charge in [-0.2, -0.15) is 0 Å². The maximum atomic E-state index is 12.1. The quantitative estimate of drug-likeness (QED) is 0.542. The second kappa shape index (κ2) is 10.1. The third kappa shape index (κ3) is 6.20. The van der Waals surface area contributed by atoms with E-state index in [0.717, 1.165) is 11.3 Å². The predicted molar refractivity (Wildman–Crippen MR) is 116 cm³/mol. The molecule has 0 radical (unpaired) electrons. The van der Waals surface area contributed by atoms with Crippen molar-refractivity contribution in [3.8, 4) is 0 Å². The molecule has 0 aliphatic rings. The topological polar surface area (TPSA) is 101 Å². The van der Waals surface area contributed by atoms with Gasteiger partial charge in [-0.15, -0.1) is 0 Å². The average molecular weight is 421 g/mol. The third-order valence-electron chi connectivity index (χ3n) is 4.40. The van der Waals surface area contributed by atoms with Crippen molar-refractivity contribution >= 4 is 29.2 Å². The zero-order valence-corrected chi connectivity index (χ0v) is 17.3. The summed E-state index contributed by atoms with van der Waals surface area (Å²) in [4.78, 5) is 38.0. The molecule has 2 amide bonds. The van der Waals surface area contributed by atoms with Gasteiger partial charge in [0.1, 0.15) is 0 Å². The van der Waals surface area contributed by atoms with Crippen molar-refractivity contribution in [2.24, 2.45) is 0 Å². The molecule has 0 unspecified atom stereocenters. The fourth-order valence-electron chi connectivity index (χ4n) is 2.67. The van der Waals surface area contributed by atoms with E-state index in [1.807, 2.05) is 43.3 Å². The molecule has 1 aromatic heterocycles. The van der Waals surface area contributed by atoms with E-state index in [1.54, 1.807) is 24.3 Å². The number of esters is 1. The normalized spacial score (nSPS) is 10.3.